The summed E-state index contributed by atoms with van der Waals surface area (Å²) in [5.74, 6) is 2.50. The van der Waals surface area contributed by atoms with E-state index in [0.717, 1.165) is 12.3 Å². The van der Waals surface area contributed by atoms with Crippen LogP contribution in [0.4, 0.5) is 0 Å². The minimum atomic E-state index is -0.0862. The van der Waals surface area contributed by atoms with Crippen LogP contribution in [0, 0.1) is 11.8 Å². The standard InChI is InChI=1S/C16H21NO3/c1-19-13-4-3-5-14(20-2)15(13)16(18)17-12-9-10-6-7-11(12)8-10/h3-5,10-12H,6-9H2,1-2H3,(H,17,18)/t10-,11+,12-/m0/s1. The quantitative estimate of drug-likeness (QED) is 0.919. The highest BCUT2D eigenvalue weighted by molar-refractivity contribution is 5.99. The first-order valence-electron chi connectivity index (χ1n) is 7.24. The second-order valence-electron chi connectivity index (χ2n) is 5.79. The van der Waals surface area contributed by atoms with Crippen molar-refractivity contribution in [2.75, 3.05) is 14.2 Å². The van der Waals surface area contributed by atoms with Crippen molar-refractivity contribution in [2.45, 2.75) is 31.7 Å². The average Bonchev–Trinajstić information content (AvgIpc) is 3.08. The summed E-state index contributed by atoms with van der Waals surface area (Å²) >= 11 is 0. The van der Waals surface area contributed by atoms with Crippen molar-refractivity contribution in [3.05, 3.63) is 23.8 Å². The summed E-state index contributed by atoms with van der Waals surface area (Å²) in [6, 6.07) is 5.72. The van der Waals surface area contributed by atoms with Crippen molar-refractivity contribution in [1.82, 2.24) is 5.32 Å². The molecule has 0 spiro atoms. The van der Waals surface area contributed by atoms with Crippen LogP contribution in [0.3, 0.4) is 0 Å². The minimum absolute atomic E-state index is 0.0862. The molecule has 0 aromatic heterocycles. The summed E-state index contributed by atoms with van der Waals surface area (Å²) < 4.78 is 10.6. The molecule has 2 aliphatic rings. The molecule has 0 heterocycles. The van der Waals surface area contributed by atoms with Gasteiger partial charge in [-0.1, -0.05) is 12.5 Å². The number of carbonyl (C=O) groups excluding carboxylic acids is 1. The molecule has 0 saturated heterocycles. The number of ether oxygens (including phenoxy) is 2. The lowest BCUT2D eigenvalue weighted by atomic mass is 9.95. The van der Waals surface area contributed by atoms with Gasteiger partial charge in [-0.15, -0.1) is 0 Å². The molecular formula is C16H21NO3. The lowest BCUT2D eigenvalue weighted by Gasteiger charge is -2.23. The van der Waals surface area contributed by atoms with Gasteiger partial charge in [0.1, 0.15) is 17.1 Å². The van der Waals surface area contributed by atoms with Crippen LogP contribution >= 0.6 is 0 Å². The van der Waals surface area contributed by atoms with E-state index in [1.165, 1.54) is 19.3 Å². The van der Waals surface area contributed by atoms with Crippen molar-refractivity contribution in [3.8, 4) is 11.5 Å². The zero-order valence-electron chi connectivity index (χ0n) is 12.0. The second kappa shape index (κ2) is 5.35. The molecule has 2 saturated carbocycles. The molecule has 4 nitrogen and oxygen atoms in total. The topological polar surface area (TPSA) is 47.6 Å². The maximum absolute atomic E-state index is 12.6. The number of methoxy groups -OCH3 is 2. The Hall–Kier alpha value is -1.71. The van der Waals surface area contributed by atoms with Crippen molar-refractivity contribution in [3.63, 3.8) is 0 Å². The number of rotatable bonds is 4. The Morgan fingerprint density at radius 3 is 2.35 bits per heavy atom. The molecule has 3 rings (SSSR count). The maximum Gasteiger partial charge on any atom is 0.259 e. The molecule has 1 aromatic rings. The maximum atomic E-state index is 12.6. The van der Waals surface area contributed by atoms with E-state index < -0.39 is 0 Å². The Morgan fingerprint density at radius 1 is 1.15 bits per heavy atom. The summed E-state index contributed by atoms with van der Waals surface area (Å²) in [4.78, 5) is 12.6. The van der Waals surface area contributed by atoms with Crippen molar-refractivity contribution >= 4 is 5.91 Å². The van der Waals surface area contributed by atoms with Crippen LogP contribution < -0.4 is 14.8 Å². The highest BCUT2D eigenvalue weighted by Gasteiger charge is 2.40. The Morgan fingerprint density at radius 2 is 1.85 bits per heavy atom. The summed E-state index contributed by atoms with van der Waals surface area (Å²) in [5, 5.41) is 3.18. The largest absolute Gasteiger partial charge is 0.496 e. The van der Waals surface area contributed by atoms with Crippen LogP contribution in [0.5, 0.6) is 11.5 Å². The molecule has 3 atom stereocenters. The van der Waals surface area contributed by atoms with Gasteiger partial charge in [-0.25, -0.2) is 0 Å². The molecule has 20 heavy (non-hydrogen) atoms. The van der Waals surface area contributed by atoms with E-state index in [9.17, 15) is 4.79 Å². The SMILES string of the molecule is COc1cccc(OC)c1C(=O)N[C@H]1C[C@H]2CC[C@@H]1C2. The number of hydrogen-bond donors (Lipinski definition) is 1. The van der Waals surface area contributed by atoms with Gasteiger partial charge in [0.2, 0.25) is 0 Å². The van der Waals surface area contributed by atoms with E-state index in [2.05, 4.69) is 5.32 Å². The number of benzene rings is 1. The molecule has 2 bridgehead atoms. The van der Waals surface area contributed by atoms with Gasteiger partial charge < -0.3 is 14.8 Å². The molecule has 108 valence electrons. The summed E-state index contributed by atoms with van der Waals surface area (Å²) in [7, 11) is 3.15. The predicted molar refractivity (Wildman–Crippen MR) is 76.2 cm³/mol. The third-order valence-electron chi connectivity index (χ3n) is 4.71. The Labute approximate surface area is 119 Å². The fraction of sp³-hybridized carbons (Fsp3) is 0.562. The fourth-order valence-electron chi connectivity index (χ4n) is 3.74. The van der Waals surface area contributed by atoms with Crippen LogP contribution in [-0.2, 0) is 0 Å². The van der Waals surface area contributed by atoms with Crippen molar-refractivity contribution in [1.29, 1.82) is 0 Å². The first-order valence-corrected chi connectivity index (χ1v) is 7.24. The van der Waals surface area contributed by atoms with E-state index >= 15 is 0 Å². The molecule has 1 amide bonds. The second-order valence-corrected chi connectivity index (χ2v) is 5.79. The van der Waals surface area contributed by atoms with Gasteiger partial charge in [-0.2, -0.15) is 0 Å². The molecular weight excluding hydrogens is 254 g/mol. The highest BCUT2D eigenvalue weighted by Crippen LogP contribution is 2.44. The zero-order valence-corrected chi connectivity index (χ0v) is 12.0. The lowest BCUT2D eigenvalue weighted by molar-refractivity contribution is 0.0916. The van der Waals surface area contributed by atoms with Gasteiger partial charge in [0, 0.05) is 6.04 Å². The van der Waals surface area contributed by atoms with Crippen LogP contribution in [0.25, 0.3) is 0 Å². The van der Waals surface area contributed by atoms with E-state index in [-0.39, 0.29) is 5.91 Å². The molecule has 0 aliphatic heterocycles. The fourth-order valence-corrected chi connectivity index (χ4v) is 3.74. The Bertz CT molecular complexity index is 492. The highest BCUT2D eigenvalue weighted by atomic mass is 16.5. The molecule has 1 N–H and O–H groups in total. The molecule has 1 aromatic carbocycles. The minimum Gasteiger partial charge on any atom is -0.496 e. The summed E-state index contributed by atoms with van der Waals surface area (Å²) in [6.45, 7) is 0. The van der Waals surface area contributed by atoms with Gasteiger partial charge in [0.15, 0.2) is 0 Å². The molecule has 2 aliphatic carbocycles. The number of amides is 1. The van der Waals surface area contributed by atoms with Gasteiger partial charge in [0.05, 0.1) is 14.2 Å². The van der Waals surface area contributed by atoms with Crippen LogP contribution in [0.1, 0.15) is 36.0 Å². The van der Waals surface area contributed by atoms with E-state index in [0.29, 0.717) is 29.0 Å². The Balaban J connectivity index is 1.80. The van der Waals surface area contributed by atoms with E-state index in [4.69, 9.17) is 9.47 Å². The normalized spacial score (nSPS) is 27.4. The van der Waals surface area contributed by atoms with Gasteiger partial charge in [-0.3, -0.25) is 4.79 Å². The average molecular weight is 275 g/mol. The number of nitrogens with one attached hydrogen (secondary N) is 1. The summed E-state index contributed by atoms with van der Waals surface area (Å²) in [6.07, 6.45) is 4.97. The lowest BCUT2D eigenvalue weighted by Crippen LogP contribution is -2.38. The first kappa shape index (κ1) is 13.3. The molecule has 4 heteroatoms. The van der Waals surface area contributed by atoms with Crippen LogP contribution in [0.2, 0.25) is 0 Å². The first-order chi connectivity index (χ1) is 9.72. The van der Waals surface area contributed by atoms with Crippen molar-refractivity contribution in [2.24, 2.45) is 11.8 Å². The monoisotopic (exact) mass is 275 g/mol. The van der Waals surface area contributed by atoms with Crippen LogP contribution in [-0.4, -0.2) is 26.2 Å². The smallest absolute Gasteiger partial charge is 0.259 e. The van der Waals surface area contributed by atoms with Gasteiger partial charge >= 0.3 is 0 Å². The van der Waals surface area contributed by atoms with E-state index in [1.807, 2.05) is 6.07 Å². The van der Waals surface area contributed by atoms with Gasteiger partial charge in [-0.05, 0) is 43.2 Å². The van der Waals surface area contributed by atoms with E-state index in [1.54, 1.807) is 26.4 Å². The molecule has 2 fully saturated rings. The third-order valence-corrected chi connectivity index (χ3v) is 4.71. The van der Waals surface area contributed by atoms with Gasteiger partial charge in [0.25, 0.3) is 5.91 Å². The van der Waals surface area contributed by atoms with Crippen molar-refractivity contribution < 1.29 is 14.3 Å². The van der Waals surface area contributed by atoms with Crippen LogP contribution in [0.15, 0.2) is 18.2 Å². The third kappa shape index (κ3) is 2.23. The molecule has 0 radical (unpaired) electrons. The predicted octanol–water partition coefficient (Wildman–Crippen LogP) is 2.62. The molecule has 0 unspecified atom stereocenters. The number of fused-ring (bicyclic) bond motifs is 2. The summed E-state index contributed by atoms with van der Waals surface area (Å²) in [5.41, 5.74) is 0.500. The number of hydrogen-bond acceptors (Lipinski definition) is 3. The zero-order chi connectivity index (χ0) is 14.1. The Kier molecular flexibility index (Phi) is 3.55. The number of carbonyl (C=O) groups is 1.